The highest BCUT2D eigenvalue weighted by molar-refractivity contribution is 7.89. The molecular weight excluding hydrogens is 326 g/mol. The maximum absolute atomic E-state index is 12.7. The Bertz CT molecular complexity index is 598. The van der Waals surface area contributed by atoms with E-state index >= 15 is 0 Å². The van der Waals surface area contributed by atoms with Crippen molar-refractivity contribution in [2.45, 2.75) is 51.0 Å². The number of anilines is 1. The van der Waals surface area contributed by atoms with E-state index in [0.717, 1.165) is 38.2 Å². The average Bonchev–Trinajstić information content (AvgIpc) is 2.64. The Morgan fingerprint density at radius 2 is 1.83 bits per heavy atom. The number of ether oxygens (including phenoxy) is 1. The van der Waals surface area contributed by atoms with Gasteiger partial charge in [0.2, 0.25) is 10.0 Å². The third-order valence-corrected chi connectivity index (χ3v) is 6.40. The highest BCUT2D eigenvalue weighted by atomic mass is 32.2. The van der Waals surface area contributed by atoms with Crippen LogP contribution in [0.4, 0.5) is 5.82 Å². The van der Waals surface area contributed by atoms with Gasteiger partial charge in [-0.25, -0.2) is 13.4 Å². The van der Waals surface area contributed by atoms with Gasteiger partial charge >= 0.3 is 0 Å². The number of nitrogens with zero attached hydrogens (tertiary/aromatic N) is 3. The molecule has 3 rings (SSSR count). The second-order valence-corrected chi connectivity index (χ2v) is 7.80. The first-order chi connectivity index (χ1) is 11.6. The fraction of sp³-hybridized carbons (Fsp3) is 0.706. The monoisotopic (exact) mass is 355 g/mol. The van der Waals surface area contributed by atoms with Crippen LogP contribution in [0.15, 0.2) is 23.2 Å². The summed E-state index contributed by atoms with van der Waals surface area (Å²) >= 11 is 0. The lowest BCUT2D eigenvalue weighted by molar-refractivity contribution is 0.122. The maximum Gasteiger partial charge on any atom is 0.244 e. The number of sulfonamides is 1. The molecule has 6 nitrogen and oxygen atoms in total. The Morgan fingerprint density at radius 3 is 2.42 bits per heavy atom. The number of pyridine rings is 1. The average molecular weight is 356 g/mol. The number of aromatic nitrogens is 1. The molecule has 1 atom stereocenters. The molecule has 2 aliphatic rings. The summed E-state index contributed by atoms with van der Waals surface area (Å²) in [7, 11) is -3.43. The lowest BCUT2D eigenvalue weighted by atomic mass is 10.1. The molecule has 1 aromatic heterocycles. The smallest absolute Gasteiger partial charge is 0.244 e. The zero-order valence-corrected chi connectivity index (χ0v) is 15.8. The highest BCUT2D eigenvalue weighted by Crippen LogP contribution is 2.25. The molecule has 7 heteroatoms. The van der Waals surface area contributed by atoms with E-state index in [1.807, 2.05) is 20.8 Å². The summed E-state index contributed by atoms with van der Waals surface area (Å²) in [5.74, 6) is 0.814. The van der Waals surface area contributed by atoms with Gasteiger partial charge in [-0.2, -0.15) is 4.31 Å². The Balaban J connectivity index is 0.00000100. The van der Waals surface area contributed by atoms with Gasteiger partial charge in [0.05, 0.1) is 13.2 Å². The van der Waals surface area contributed by atoms with Crippen molar-refractivity contribution >= 4 is 15.8 Å². The van der Waals surface area contributed by atoms with Gasteiger partial charge in [0.15, 0.2) is 0 Å². The van der Waals surface area contributed by atoms with Crippen molar-refractivity contribution in [1.82, 2.24) is 9.29 Å². The lowest BCUT2D eigenvalue weighted by Gasteiger charge is -2.32. The molecule has 136 valence electrons. The van der Waals surface area contributed by atoms with E-state index in [-0.39, 0.29) is 6.04 Å². The molecule has 0 aromatic carbocycles. The molecule has 2 fully saturated rings. The van der Waals surface area contributed by atoms with E-state index in [2.05, 4.69) is 9.88 Å². The number of hydrogen-bond donors (Lipinski definition) is 0. The molecular formula is C17H29N3O3S. The molecule has 2 saturated heterocycles. The van der Waals surface area contributed by atoms with Crippen molar-refractivity contribution in [3.8, 4) is 0 Å². The second-order valence-electron chi connectivity index (χ2n) is 5.91. The second kappa shape index (κ2) is 8.78. The first-order valence-electron chi connectivity index (χ1n) is 8.89. The van der Waals surface area contributed by atoms with Gasteiger partial charge in [-0.15, -0.1) is 0 Å². The lowest BCUT2D eigenvalue weighted by Crippen LogP contribution is -2.42. The van der Waals surface area contributed by atoms with Crippen LogP contribution in [-0.4, -0.2) is 56.6 Å². The summed E-state index contributed by atoms with van der Waals surface area (Å²) < 4.78 is 32.4. The Labute approximate surface area is 145 Å². The molecule has 0 saturated carbocycles. The summed E-state index contributed by atoms with van der Waals surface area (Å²) in [6.45, 7) is 9.55. The molecule has 24 heavy (non-hydrogen) atoms. The van der Waals surface area contributed by atoms with Crippen LogP contribution in [-0.2, 0) is 14.8 Å². The van der Waals surface area contributed by atoms with Crippen molar-refractivity contribution in [3.63, 3.8) is 0 Å². The fourth-order valence-corrected chi connectivity index (χ4v) is 4.71. The first kappa shape index (κ1) is 19.1. The molecule has 0 amide bonds. The number of rotatable bonds is 3. The topological polar surface area (TPSA) is 62.7 Å². The first-order valence-corrected chi connectivity index (χ1v) is 10.3. The van der Waals surface area contributed by atoms with E-state index in [9.17, 15) is 8.42 Å². The molecule has 0 aliphatic carbocycles. The predicted molar refractivity (Wildman–Crippen MR) is 95.8 cm³/mol. The van der Waals surface area contributed by atoms with Gasteiger partial charge in [0.25, 0.3) is 0 Å². The van der Waals surface area contributed by atoms with Gasteiger partial charge in [0.1, 0.15) is 10.7 Å². The number of morpholine rings is 1. The summed E-state index contributed by atoms with van der Waals surface area (Å²) in [5.41, 5.74) is 0. The summed E-state index contributed by atoms with van der Waals surface area (Å²) in [6.07, 6.45) is 4.45. The minimum absolute atomic E-state index is 0.0673. The number of hydrogen-bond acceptors (Lipinski definition) is 5. The summed E-state index contributed by atoms with van der Waals surface area (Å²) in [5, 5.41) is 0. The third-order valence-electron chi connectivity index (χ3n) is 4.40. The van der Waals surface area contributed by atoms with E-state index in [1.165, 1.54) is 6.20 Å². The molecule has 0 bridgehead atoms. The summed E-state index contributed by atoms with van der Waals surface area (Å²) in [6, 6.07) is 3.54. The molecule has 2 aliphatic heterocycles. The van der Waals surface area contributed by atoms with Gasteiger partial charge in [-0.1, -0.05) is 20.3 Å². The van der Waals surface area contributed by atoms with E-state index < -0.39 is 10.0 Å². The van der Waals surface area contributed by atoms with Crippen molar-refractivity contribution in [2.75, 3.05) is 37.7 Å². The predicted octanol–water partition coefficient (Wildman–Crippen LogP) is 2.51. The third kappa shape index (κ3) is 4.26. The summed E-state index contributed by atoms with van der Waals surface area (Å²) in [4.78, 5) is 6.76. The van der Waals surface area contributed by atoms with Crippen LogP contribution < -0.4 is 4.90 Å². The van der Waals surface area contributed by atoms with E-state index in [0.29, 0.717) is 24.7 Å². The minimum Gasteiger partial charge on any atom is -0.378 e. The van der Waals surface area contributed by atoms with Gasteiger partial charge in [-0.05, 0) is 31.9 Å². The quantitative estimate of drug-likeness (QED) is 0.834. The standard InChI is InChI=1S/C15H23N3O3S.C2H6/c1-13-4-2-3-7-18(13)22(19,20)14-5-6-15(16-12-14)17-8-10-21-11-9-17;1-2/h5-6,12-13H,2-4,7-11H2,1H3;1-2H3/t13-;/m1./s1. The Hall–Kier alpha value is -1.18. The van der Waals surface area contributed by atoms with Crippen molar-refractivity contribution < 1.29 is 13.2 Å². The molecule has 0 unspecified atom stereocenters. The Kier molecular flexibility index (Phi) is 7.01. The van der Waals surface area contributed by atoms with Crippen LogP contribution in [0.3, 0.4) is 0 Å². The highest BCUT2D eigenvalue weighted by Gasteiger charge is 2.31. The normalized spacial score (nSPS) is 22.6. The van der Waals surface area contributed by atoms with Gasteiger partial charge in [-0.3, -0.25) is 0 Å². The molecule has 1 aromatic rings. The van der Waals surface area contributed by atoms with Crippen LogP contribution >= 0.6 is 0 Å². The van der Waals surface area contributed by atoms with Crippen LogP contribution in [0, 0.1) is 0 Å². The largest absolute Gasteiger partial charge is 0.378 e. The fourth-order valence-electron chi connectivity index (χ4n) is 3.07. The Morgan fingerprint density at radius 1 is 1.12 bits per heavy atom. The minimum atomic E-state index is -3.43. The van der Waals surface area contributed by atoms with E-state index in [1.54, 1.807) is 16.4 Å². The van der Waals surface area contributed by atoms with Crippen molar-refractivity contribution in [1.29, 1.82) is 0 Å². The van der Waals surface area contributed by atoms with Crippen molar-refractivity contribution in [3.05, 3.63) is 18.3 Å². The number of piperidine rings is 1. The zero-order valence-electron chi connectivity index (χ0n) is 14.9. The molecule has 0 radical (unpaired) electrons. The molecule has 3 heterocycles. The van der Waals surface area contributed by atoms with Gasteiger partial charge in [0, 0.05) is 31.9 Å². The van der Waals surface area contributed by atoms with E-state index in [4.69, 9.17) is 4.74 Å². The molecule has 0 N–H and O–H groups in total. The van der Waals surface area contributed by atoms with Crippen LogP contribution in [0.1, 0.15) is 40.0 Å². The van der Waals surface area contributed by atoms with Crippen LogP contribution in [0.5, 0.6) is 0 Å². The molecule has 0 spiro atoms. The maximum atomic E-state index is 12.7. The van der Waals surface area contributed by atoms with Crippen LogP contribution in [0.25, 0.3) is 0 Å². The van der Waals surface area contributed by atoms with Crippen molar-refractivity contribution in [2.24, 2.45) is 0 Å². The SMILES string of the molecule is CC.C[C@@H]1CCCCN1S(=O)(=O)c1ccc(N2CCOCC2)nc1. The van der Waals surface area contributed by atoms with Crippen LogP contribution in [0.2, 0.25) is 0 Å². The zero-order chi connectivity index (χ0) is 17.6. The van der Waals surface area contributed by atoms with Gasteiger partial charge < -0.3 is 9.64 Å².